The molecule has 108 valence electrons. The van der Waals surface area contributed by atoms with Gasteiger partial charge in [-0.1, -0.05) is 41.9 Å². The number of benzene rings is 2. The van der Waals surface area contributed by atoms with Crippen LogP contribution in [0.15, 0.2) is 54.8 Å². The van der Waals surface area contributed by atoms with E-state index < -0.39 is 17.5 Å². The van der Waals surface area contributed by atoms with Gasteiger partial charge in [0.15, 0.2) is 0 Å². The van der Waals surface area contributed by atoms with Crippen LogP contribution in [0.5, 0.6) is 0 Å². The molecule has 5 heteroatoms. The van der Waals surface area contributed by atoms with Gasteiger partial charge in [0, 0.05) is 5.02 Å². The molecule has 4 nitrogen and oxygen atoms in total. The van der Waals surface area contributed by atoms with Gasteiger partial charge in [-0.2, -0.15) is 0 Å². The van der Waals surface area contributed by atoms with Crippen molar-refractivity contribution in [1.29, 1.82) is 0 Å². The van der Waals surface area contributed by atoms with Gasteiger partial charge in [-0.15, -0.1) is 0 Å². The summed E-state index contributed by atoms with van der Waals surface area (Å²) in [5, 5.41) is 0.398. The van der Waals surface area contributed by atoms with Crippen molar-refractivity contribution in [2.75, 3.05) is 0 Å². The third kappa shape index (κ3) is 1.64. The van der Waals surface area contributed by atoms with Gasteiger partial charge in [0.05, 0.1) is 16.7 Å². The molecular weight excluding hydrogens is 304 g/mol. The lowest BCUT2D eigenvalue weighted by Crippen LogP contribution is -2.34. The quantitative estimate of drug-likeness (QED) is 0.758. The average Bonchev–Trinajstić information content (AvgIpc) is 3.00. The van der Waals surface area contributed by atoms with Gasteiger partial charge in [0.1, 0.15) is 6.26 Å². The first-order valence-electron chi connectivity index (χ1n) is 6.63. The zero-order valence-corrected chi connectivity index (χ0v) is 12.0. The van der Waals surface area contributed by atoms with E-state index in [1.54, 1.807) is 24.3 Å². The Bertz CT molecular complexity index is 841. The Balaban J connectivity index is 1.81. The maximum Gasteiger partial charge on any atom is 0.347 e. The molecule has 2 aliphatic rings. The smallest absolute Gasteiger partial charge is 0.347 e. The normalized spacial score (nSPS) is 22.3. The van der Waals surface area contributed by atoms with E-state index in [2.05, 4.69) is 0 Å². The summed E-state index contributed by atoms with van der Waals surface area (Å²) in [6.07, 6.45) is 1.34. The van der Waals surface area contributed by atoms with Crippen molar-refractivity contribution in [2.24, 2.45) is 0 Å². The summed E-state index contributed by atoms with van der Waals surface area (Å²) in [6.45, 7) is 0. The first kappa shape index (κ1) is 13.1. The molecule has 2 aromatic carbocycles. The predicted octanol–water partition coefficient (Wildman–Crippen LogP) is 3.30. The van der Waals surface area contributed by atoms with Crippen LogP contribution < -0.4 is 0 Å². The fourth-order valence-corrected chi connectivity index (χ4v) is 2.88. The highest BCUT2D eigenvalue weighted by molar-refractivity contribution is 6.31. The van der Waals surface area contributed by atoms with Crippen LogP contribution in [0.4, 0.5) is 0 Å². The molecule has 0 aromatic heterocycles. The number of Topliss-reactive ketones (excluding diaryl/α,β-unsaturated/α-hetero) is 1. The molecule has 22 heavy (non-hydrogen) atoms. The van der Waals surface area contributed by atoms with Crippen LogP contribution in [0.1, 0.15) is 21.5 Å². The van der Waals surface area contributed by atoms with E-state index in [1.807, 2.05) is 18.2 Å². The zero-order chi connectivity index (χ0) is 15.3. The molecule has 2 aromatic rings. The molecule has 2 aliphatic heterocycles. The highest BCUT2D eigenvalue weighted by Gasteiger charge is 2.57. The van der Waals surface area contributed by atoms with E-state index in [-0.39, 0.29) is 5.56 Å². The van der Waals surface area contributed by atoms with Gasteiger partial charge >= 0.3 is 11.8 Å². The van der Waals surface area contributed by atoms with E-state index in [9.17, 15) is 9.59 Å². The Kier molecular flexibility index (Phi) is 2.65. The van der Waals surface area contributed by atoms with Gasteiger partial charge in [-0.25, -0.2) is 4.79 Å². The maximum absolute atomic E-state index is 12.8. The summed E-state index contributed by atoms with van der Waals surface area (Å²) in [5.74, 6) is -2.73. The molecule has 0 fully saturated rings. The van der Waals surface area contributed by atoms with Crippen LogP contribution in [0, 0.1) is 0 Å². The summed E-state index contributed by atoms with van der Waals surface area (Å²) in [5.41, 5.74) is 1.72. The lowest BCUT2D eigenvalue weighted by molar-refractivity contribution is -0.173. The number of hydrogen-bond donors (Lipinski definition) is 0. The number of halogens is 1. The van der Waals surface area contributed by atoms with Crippen molar-refractivity contribution < 1.29 is 19.1 Å². The third-order valence-electron chi connectivity index (χ3n) is 3.76. The number of esters is 1. The van der Waals surface area contributed by atoms with Gasteiger partial charge in [0.2, 0.25) is 0 Å². The Morgan fingerprint density at radius 3 is 2.55 bits per heavy atom. The van der Waals surface area contributed by atoms with Gasteiger partial charge in [0.25, 0.3) is 5.78 Å². The molecule has 0 N–H and O–H groups in total. The van der Waals surface area contributed by atoms with E-state index >= 15 is 0 Å². The number of rotatable bonds is 1. The number of carbonyl (C=O) groups excluding carboxylic acids is 2. The minimum atomic E-state index is -1.72. The largest absolute Gasteiger partial charge is 0.449 e. The molecule has 1 unspecified atom stereocenters. The van der Waals surface area contributed by atoms with E-state index in [1.165, 1.54) is 12.3 Å². The van der Waals surface area contributed by atoms with Gasteiger partial charge < -0.3 is 9.47 Å². The van der Waals surface area contributed by atoms with Crippen molar-refractivity contribution in [3.05, 3.63) is 76.5 Å². The van der Waals surface area contributed by atoms with Crippen LogP contribution >= 0.6 is 11.6 Å². The standard InChI is InChI=1S/C17H9ClO4/c18-11-6-7-14-12(8-11)16(20)22-17(14)15(19)13(9-21-17)10-4-2-1-3-5-10/h1-9H. The Hall–Kier alpha value is -2.59. The number of carbonyl (C=O) groups is 2. The molecule has 1 atom stereocenters. The summed E-state index contributed by atoms with van der Waals surface area (Å²) in [7, 11) is 0. The molecular formula is C17H9ClO4. The first-order valence-corrected chi connectivity index (χ1v) is 7.01. The number of fused-ring (bicyclic) bond motifs is 2. The number of ketones is 1. The second kappa shape index (κ2) is 4.45. The molecule has 0 saturated heterocycles. The SMILES string of the molecule is O=C1OC2(OC=C(c3ccccc3)C2=O)c2ccc(Cl)cc21. The Morgan fingerprint density at radius 1 is 1.00 bits per heavy atom. The van der Waals surface area contributed by atoms with E-state index in [0.29, 0.717) is 21.7 Å². The maximum atomic E-state index is 12.8. The fraction of sp³-hybridized carbons (Fsp3) is 0.0588. The van der Waals surface area contributed by atoms with E-state index in [4.69, 9.17) is 21.1 Å². The van der Waals surface area contributed by atoms with E-state index in [0.717, 1.165) is 0 Å². The van der Waals surface area contributed by atoms with Crippen molar-refractivity contribution in [2.45, 2.75) is 5.79 Å². The molecule has 0 amide bonds. The average molecular weight is 313 g/mol. The zero-order valence-electron chi connectivity index (χ0n) is 11.2. The number of ether oxygens (including phenoxy) is 2. The highest BCUT2D eigenvalue weighted by atomic mass is 35.5. The van der Waals surface area contributed by atoms with Gasteiger partial charge in [-0.05, 0) is 23.8 Å². The monoisotopic (exact) mass is 312 g/mol. The second-order valence-electron chi connectivity index (χ2n) is 5.04. The van der Waals surface area contributed by atoms with Crippen molar-refractivity contribution in [3.8, 4) is 0 Å². The second-order valence-corrected chi connectivity index (χ2v) is 5.48. The molecule has 2 heterocycles. The van der Waals surface area contributed by atoms with Gasteiger partial charge in [-0.3, -0.25) is 4.79 Å². The third-order valence-corrected chi connectivity index (χ3v) is 4.00. The lowest BCUT2D eigenvalue weighted by Gasteiger charge is -2.20. The Morgan fingerprint density at radius 2 is 1.77 bits per heavy atom. The molecule has 0 saturated carbocycles. The first-order chi connectivity index (χ1) is 10.6. The van der Waals surface area contributed by atoms with Crippen molar-refractivity contribution in [3.63, 3.8) is 0 Å². The predicted molar refractivity (Wildman–Crippen MR) is 79.1 cm³/mol. The van der Waals surface area contributed by atoms with Crippen LogP contribution in [0.25, 0.3) is 5.57 Å². The summed E-state index contributed by atoms with van der Waals surface area (Å²) in [4.78, 5) is 24.9. The van der Waals surface area contributed by atoms with Crippen molar-refractivity contribution in [1.82, 2.24) is 0 Å². The van der Waals surface area contributed by atoms with Crippen LogP contribution in [0.2, 0.25) is 5.02 Å². The fourth-order valence-electron chi connectivity index (χ4n) is 2.71. The molecule has 0 radical (unpaired) electrons. The lowest BCUT2D eigenvalue weighted by atomic mass is 9.93. The Labute approximate surface area is 130 Å². The van der Waals surface area contributed by atoms with Crippen molar-refractivity contribution >= 4 is 28.9 Å². The summed E-state index contributed by atoms with van der Waals surface area (Å²) in [6, 6.07) is 13.8. The van der Waals surface area contributed by atoms with Crippen LogP contribution in [-0.4, -0.2) is 11.8 Å². The number of hydrogen-bond acceptors (Lipinski definition) is 4. The molecule has 1 spiro atoms. The highest BCUT2D eigenvalue weighted by Crippen LogP contribution is 2.46. The molecule has 0 aliphatic carbocycles. The van der Waals surface area contributed by atoms with Crippen LogP contribution in [0.3, 0.4) is 0 Å². The summed E-state index contributed by atoms with van der Waals surface area (Å²) < 4.78 is 10.8. The topological polar surface area (TPSA) is 52.6 Å². The molecule has 0 bridgehead atoms. The minimum Gasteiger partial charge on any atom is -0.449 e. The summed E-state index contributed by atoms with van der Waals surface area (Å²) >= 11 is 5.90. The molecule has 4 rings (SSSR count). The minimum absolute atomic E-state index is 0.253. The van der Waals surface area contributed by atoms with Crippen LogP contribution in [-0.2, 0) is 20.1 Å².